The molecule has 164 valence electrons. The van der Waals surface area contributed by atoms with E-state index in [1.54, 1.807) is 0 Å². The van der Waals surface area contributed by atoms with Crippen LogP contribution in [0.3, 0.4) is 0 Å². The van der Waals surface area contributed by atoms with Gasteiger partial charge >= 0.3 is 12.1 Å². The van der Waals surface area contributed by atoms with Crippen molar-refractivity contribution in [2.45, 2.75) is 30.0 Å². The van der Waals surface area contributed by atoms with E-state index >= 15 is 0 Å². The molecule has 1 atom stereocenters. The minimum atomic E-state index is -5.16. The summed E-state index contributed by atoms with van der Waals surface area (Å²) in [5, 5.41) is 0. The first-order valence-electron chi connectivity index (χ1n) is 8.80. The molecule has 0 radical (unpaired) electrons. The van der Waals surface area contributed by atoms with Crippen LogP contribution in [0.1, 0.15) is 35.0 Å². The van der Waals surface area contributed by atoms with E-state index in [1.807, 2.05) is 0 Å². The molecule has 30 heavy (non-hydrogen) atoms. The number of nitrogens with zero attached hydrogens (tertiary/aromatic N) is 2. The molecule has 0 unspecified atom stereocenters. The van der Waals surface area contributed by atoms with Crippen molar-refractivity contribution in [1.82, 2.24) is 8.87 Å². The second-order valence-corrected chi connectivity index (χ2v) is 8.75. The van der Waals surface area contributed by atoms with Gasteiger partial charge in [-0.1, -0.05) is 0 Å². The van der Waals surface area contributed by atoms with Crippen molar-refractivity contribution in [3.63, 3.8) is 0 Å². The van der Waals surface area contributed by atoms with Crippen LogP contribution < -0.4 is 0 Å². The van der Waals surface area contributed by atoms with Crippen LogP contribution in [0.25, 0.3) is 0 Å². The number of alkyl halides is 3. The number of aryl methyl sites for hydroxylation is 1. The molecular formula is C18H17F5N2O4S. The maximum atomic E-state index is 13.4. The van der Waals surface area contributed by atoms with Gasteiger partial charge in [-0.25, -0.2) is 22.0 Å². The van der Waals surface area contributed by atoms with Gasteiger partial charge in [0.25, 0.3) is 0 Å². The summed E-state index contributed by atoms with van der Waals surface area (Å²) < 4.78 is 98.9. The van der Waals surface area contributed by atoms with Crippen LogP contribution in [0.15, 0.2) is 35.4 Å². The first-order valence-corrected chi connectivity index (χ1v) is 10.2. The highest BCUT2D eigenvalue weighted by molar-refractivity contribution is 7.89. The van der Waals surface area contributed by atoms with Crippen molar-refractivity contribution < 1.29 is 39.9 Å². The van der Waals surface area contributed by atoms with Crippen molar-refractivity contribution in [2.24, 2.45) is 7.05 Å². The molecule has 1 saturated heterocycles. The van der Waals surface area contributed by atoms with Crippen LogP contribution in [-0.4, -0.2) is 42.5 Å². The number of benzene rings is 1. The minimum Gasteiger partial charge on any atom is -0.443 e. The third-order valence-electron chi connectivity index (χ3n) is 4.60. The average Bonchev–Trinajstić information content (AvgIpc) is 3.27. The molecule has 1 aliphatic heterocycles. The lowest BCUT2D eigenvalue weighted by Crippen LogP contribution is -2.27. The van der Waals surface area contributed by atoms with Crippen LogP contribution in [0.5, 0.6) is 0 Å². The Morgan fingerprint density at radius 1 is 1.07 bits per heavy atom. The Labute approximate surface area is 168 Å². The van der Waals surface area contributed by atoms with Gasteiger partial charge in [0, 0.05) is 38.0 Å². The lowest BCUT2D eigenvalue weighted by atomic mass is 10.1. The van der Waals surface area contributed by atoms with Gasteiger partial charge in [0.15, 0.2) is 0 Å². The van der Waals surface area contributed by atoms with E-state index in [2.05, 4.69) is 4.74 Å². The van der Waals surface area contributed by atoms with Crippen molar-refractivity contribution in [2.75, 3.05) is 13.1 Å². The third kappa shape index (κ3) is 4.48. The molecule has 0 N–H and O–H groups in total. The number of carbonyl (C=O) groups is 1. The second kappa shape index (κ2) is 7.99. The summed E-state index contributed by atoms with van der Waals surface area (Å²) in [6, 6.07) is 2.10. The van der Waals surface area contributed by atoms with E-state index in [0.29, 0.717) is 44.1 Å². The van der Waals surface area contributed by atoms with Crippen molar-refractivity contribution >= 4 is 16.0 Å². The first-order chi connectivity index (χ1) is 13.9. The molecule has 2 aromatic rings. The maximum Gasteiger partial charge on any atom is 0.429 e. The zero-order chi connectivity index (χ0) is 22.3. The third-order valence-corrected chi connectivity index (χ3v) is 6.47. The molecule has 0 saturated carbocycles. The van der Waals surface area contributed by atoms with E-state index in [-0.39, 0.29) is 4.90 Å². The van der Waals surface area contributed by atoms with Gasteiger partial charge in [-0.2, -0.15) is 17.5 Å². The summed E-state index contributed by atoms with van der Waals surface area (Å²) in [7, 11) is -2.64. The van der Waals surface area contributed by atoms with E-state index in [4.69, 9.17) is 0 Å². The highest BCUT2D eigenvalue weighted by Crippen LogP contribution is 2.37. The van der Waals surface area contributed by atoms with Crippen LogP contribution in [0.4, 0.5) is 22.0 Å². The smallest absolute Gasteiger partial charge is 0.429 e. The fourth-order valence-electron chi connectivity index (χ4n) is 3.17. The molecule has 1 aromatic heterocycles. The highest BCUT2D eigenvalue weighted by atomic mass is 32.2. The molecule has 0 aliphatic carbocycles. The van der Waals surface area contributed by atoms with Crippen LogP contribution in [-0.2, 0) is 21.8 Å². The summed E-state index contributed by atoms with van der Waals surface area (Å²) in [4.78, 5) is 12.1. The number of esters is 1. The molecule has 12 heteroatoms. The highest BCUT2D eigenvalue weighted by Gasteiger charge is 2.45. The predicted molar refractivity (Wildman–Crippen MR) is 94.0 cm³/mol. The first kappa shape index (κ1) is 22.2. The Bertz CT molecular complexity index is 1040. The number of hydrogen-bond acceptors (Lipinski definition) is 4. The number of aromatic nitrogens is 1. The summed E-state index contributed by atoms with van der Waals surface area (Å²) in [6.07, 6.45) is -5.65. The van der Waals surface area contributed by atoms with E-state index in [9.17, 15) is 35.2 Å². The fourth-order valence-corrected chi connectivity index (χ4v) is 4.76. The molecule has 1 fully saturated rings. The molecular weight excluding hydrogens is 435 g/mol. The summed E-state index contributed by atoms with van der Waals surface area (Å²) in [6.45, 7) is 0.608. The van der Waals surface area contributed by atoms with Crippen molar-refractivity contribution in [3.8, 4) is 0 Å². The Kier molecular flexibility index (Phi) is 5.92. The van der Waals surface area contributed by atoms with Gasteiger partial charge < -0.3 is 9.30 Å². The lowest BCUT2D eigenvalue weighted by molar-refractivity contribution is -0.207. The zero-order valence-corrected chi connectivity index (χ0v) is 16.4. The maximum absolute atomic E-state index is 13.4. The molecule has 0 amide bonds. The second-order valence-electron chi connectivity index (χ2n) is 6.81. The Hall–Kier alpha value is -2.47. The van der Waals surface area contributed by atoms with Crippen LogP contribution >= 0.6 is 0 Å². The standard InChI is InChI=1S/C18H17F5N2O4S/c1-24-10-14(30(27,28)25-4-2-3-5-25)9-15(24)17(26)29-16(18(21,22)23)11-6-12(19)8-13(20)7-11/h6-10,16H,2-5H2,1H3/t16-/m0/s1. The van der Waals surface area contributed by atoms with Crippen molar-refractivity contribution in [3.05, 3.63) is 53.4 Å². The number of halogens is 5. The monoisotopic (exact) mass is 452 g/mol. The molecule has 0 bridgehead atoms. The van der Waals surface area contributed by atoms with Crippen molar-refractivity contribution in [1.29, 1.82) is 0 Å². The number of ether oxygens (including phenoxy) is 1. The quantitative estimate of drug-likeness (QED) is 0.514. The number of carbonyl (C=O) groups excluding carboxylic acids is 1. The van der Waals surface area contributed by atoms with Gasteiger partial charge in [0.05, 0.1) is 0 Å². The zero-order valence-electron chi connectivity index (χ0n) is 15.6. The van der Waals surface area contributed by atoms with Gasteiger partial charge in [-0.05, 0) is 31.0 Å². The van der Waals surface area contributed by atoms with Gasteiger partial charge in [0.2, 0.25) is 16.1 Å². The number of hydrogen-bond donors (Lipinski definition) is 0. The molecule has 3 rings (SSSR count). The van der Waals surface area contributed by atoms with Gasteiger partial charge in [0.1, 0.15) is 22.2 Å². The van der Waals surface area contributed by atoms with Gasteiger partial charge in [-0.3, -0.25) is 0 Å². The summed E-state index contributed by atoms with van der Waals surface area (Å²) in [5.74, 6) is -4.03. The Morgan fingerprint density at radius 2 is 1.63 bits per heavy atom. The van der Waals surface area contributed by atoms with Gasteiger partial charge in [-0.15, -0.1) is 0 Å². The fraction of sp³-hybridized carbons (Fsp3) is 0.389. The number of sulfonamides is 1. The molecule has 1 aliphatic rings. The lowest BCUT2D eigenvalue weighted by Gasteiger charge is -2.21. The van der Waals surface area contributed by atoms with E-state index in [0.717, 1.165) is 16.8 Å². The average molecular weight is 452 g/mol. The molecule has 1 aromatic carbocycles. The Balaban J connectivity index is 1.91. The molecule has 6 nitrogen and oxygen atoms in total. The van der Waals surface area contributed by atoms with Crippen LogP contribution in [0, 0.1) is 11.6 Å². The van der Waals surface area contributed by atoms with Crippen LogP contribution in [0.2, 0.25) is 0 Å². The Morgan fingerprint density at radius 3 is 2.17 bits per heavy atom. The minimum absolute atomic E-state index is 0.265. The summed E-state index contributed by atoms with van der Waals surface area (Å²) >= 11 is 0. The van der Waals surface area contributed by atoms with E-state index < -0.39 is 51.2 Å². The topological polar surface area (TPSA) is 68.6 Å². The summed E-state index contributed by atoms with van der Waals surface area (Å²) in [5.41, 5.74) is -1.40. The van der Waals surface area contributed by atoms with E-state index in [1.165, 1.54) is 11.4 Å². The normalized spacial score (nSPS) is 16.6. The predicted octanol–water partition coefficient (Wildman–Crippen LogP) is 3.55. The SMILES string of the molecule is Cn1cc(S(=O)(=O)N2CCCC2)cc1C(=O)O[C@@H](c1cc(F)cc(F)c1)C(F)(F)F. The largest absolute Gasteiger partial charge is 0.443 e. The molecule has 2 heterocycles. The molecule has 0 spiro atoms. The number of rotatable bonds is 5.